The summed E-state index contributed by atoms with van der Waals surface area (Å²) in [6.45, 7) is -0.107. The summed E-state index contributed by atoms with van der Waals surface area (Å²) in [6, 6.07) is 22.4. The van der Waals surface area contributed by atoms with Crippen molar-refractivity contribution >= 4 is 5.91 Å². The van der Waals surface area contributed by atoms with Gasteiger partial charge in [0.15, 0.2) is 6.61 Å². The van der Waals surface area contributed by atoms with Gasteiger partial charge >= 0.3 is 0 Å². The molecule has 0 spiro atoms. The Labute approximate surface area is 152 Å². The van der Waals surface area contributed by atoms with E-state index in [1.165, 1.54) is 0 Å². The topological polar surface area (TPSA) is 60.5 Å². The van der Waals surface area contributed by atoms with E-state index in [9.17, 15) is 4.79 Å². The number of ether oxygens (including phenoxy) is 2. The van der Waals surface area contributed by atoms with Crippen LogP contribution in [-0.4, -0.2) is 24.6 Å². The van der Waals surface area contributed by atoms with Crippen LogP contribution < -0.4 is 14.8 Å². The predicted octanol–water partition coefficient (Wildman–Crippen LogP) is 3.37. The zero-order chi connectivity index (χ0) is 18.2. The predicted molar refractivity (Wildman–Crippen MR) is 99.2 cm³/mol. The fourth-order valence-corrected chi connectivity index (χ4v) is 2.60. The molecule has 1 amide bonds. The normalized spacial score (nSPS) is 11.4. The van der Waals surface area contributed by atoms with Crippen molar-refractivity contribution in [3.05, 3.63) is 90.1 Å². The van der Waals surface area contributed by atoms with Gasteiger partial charge in [-0.15, -0.1) is 0 Å². The maximum absolute atomic E-state index is 12.4. The highest BCUT2D eigenvalue weighted by Crippen LogP contribution is 2.25. The molecule has 1 atom stereocenters. The van der Waals surface area contributed by atoms with E-state index in [4.69, 9.17) is 9.47 Å². The molecule has 132 valence electrons. The first-order chi connectivity index (χ1) is 12.8. The van der Waals surface area contributed by atoms with Gasteiger partial charge in [-0.1, -0.05) is 48.5 Å². The zero-order valence-corrected chi connectivity index (χ0v) is 14.5. The van der Waals surface area contributed by atoms with Crippen molar-refractivity contribution in [2.45, 2.75) is 6.04 Å². The first kappa shape index (κ1) is 17.5. The SMILES string of the molecule is COc1cccc([C@@H](NC(=O)COc2ccccn2)c2ccccc2)c1. The van der Waals surface area contributed by atoms with E-state index in [1.807, 2.05) is 60.7 Å². The van der Waals surface area contributed by atoms with Gasteiger partial charge in [0.1, 0.15) is 5.75 Å². The molecule has 0 aliphatic carbocycles. The number of carbonyl (C=O) groups is 1. The average molecular weight is 348 g/mol. The molecule has 1 aromatic heterocycles. The molecule has 0 fully saturated rings. The smallest absolute Gasteiger partial charge is 0.258 e. The van der Waals surface area contributed by atoms with Crippen LogP contribution in [0.3, 0.4) is 0 Å². The summed E-state index contributed by atoms with van der Waals surface area (Å²) in [7, 11) is 1.62. The molecule has 0 aliphatic rings. The standard InChI is InChI=1S/C21H20N2O3/c1-25-18-11-7-10-17(14-18)21(16-8-3-2-4-9-16)23-19(24)15-26-20-12-5-6-13-22-20/h2-14,21H,15H2,1H3,(H,23,24)/t21-/m0/s1. The Morgan fingerprint density at radius 3 is 2.50 bits per heavy atom. The molecule has 5 nitrogen and oxygen atoms in total. The van der Waals surface area contributed by atoms with Crippen LogP contribution in [0.1, 0.15) is 17.2 Å². The van der Waals surface area contributed by atoms with Gasteiger partial charge in [-0.05, 0) is 29.3 Å². The van der Waals surface area contributed by atoms with Crippen molar-refractivity contribution in [3.8, 4) is 11.6 Å². The number of nitrogens with zero attached hydrogens (tertiary/aromatic N) is 1. The molecule has 5 heteroatoms. The lowest BCUT2D eigenvalue weighted by Crippen LogP contribution is -2.33. The van der Waals surface area contributed by atoms with Crippen molar-refractivity contribution in [3.63, 3.8) is 0 Å². The first-order valence-electron chi connectivity index (χ1n) is 8.28. The molecule has 0 bridgehead atoms. The highest BCUT2D eigenvalue weighted by atomic mass is 16.5. The highest BCUT2D eigenvalue weighted by molar-refractivity contribution is 5.78. The van der Waals surface area contributed by atoms with Crippen molar-refractivity contribution < 1.29 is 14.3 Å². The largest absolute Gasteiger partial charge is 0.497 e. The second-order valence-corrected chi connectivity index (χ2v) is 5.64. The Balaban J connectivity index is 1.76. The van der Waals surface area contributed by atoms with Crippen LogP contribution in [0.4, 0.5) is 0 Å². The summed E-state index contributed by atoms with van der Waals surface area (Å²) < 4.78 is 10.7. The molecule has 0 aliphatic heterocycles. The lowest BCUT2D eigenvalue weighted by Gasteiger charge is -2.20. The monoisotopic (exact) mass is 348 g/mol. The van der Waals surface area contributed by atoms with E-state index >= 15 is 0 Å². The molecule has 2 aromatic carbocycles. The van der Waals surface area contributed by atoms with Crippen LogP contribution in [-0.2, 0) is 4.79 Å². The Morgan fingerprint density at radius 1 is 1.00 bits per heavy atom. The molecule has 0 saturated carbocycles. The molecule has 1 heterocycles. The van der Waals surface area contributed by atoms with E-state index < -0.39 is 0 Å². The number of amides is 1. The summed E-state index contributed by atoms with van der Waals surface area (Å²) in [5, 5.41) is 3.02. The number of hydrogen-bond donors (Lipinski definition) is 1. The van der Waals surface area contributed by atoms with E-state index in [-0.39, 0.29) is 18.6 Å². The van der Waals surface area contributed by atoms with Crippen LogP contribution in [0.2, 0.25) is 0 Å². The van der Waals surface area contributed by atoms with Gasteiger partial charge in [0.25, 0.3) is 5.91 Å². The van der Waals surface area contributed by atoms with Gasteiger partial charge in [-0.25, -0.2) is 4.98 Å². The van der Waals surface area contributed by atoms with Crippen LogP contribution in [0.25, 0.3) is 0 Å². The molecule has 0 unspecified atom stereocenters. The number of aromatic nitrogens is 1. The maximum atomic E-state index is 12.4. The van der Waals surface area contributed by atoms with Crippen molar-refractivity contribution in [1.29, 1.82) is 0 Å². The van der Waals surface area contributed by atoms with Crippen molar-refractivity contribution in [1.82, 2.24) is 10.3 Å². The third kappa shape index (κ3) is 4.60. The Kier molecular flexibility index (Phi) is 5.83. The van der Waals surface area contributed by atoms with E-state index in [0.717, 1.165) is 16.9 Å². The second-order valence-electron chi connectivity index (χ2n) is 5.64. The molecule has 3 rings (SSSR count). The van der Waals surface area contributed by atoms with Crippen molar-refractivity contribution in [2.24, 2.45) is 0 Å². The molecule has 0 saturated heterocycles. The molecule has 1 N–H and O–H groups in total. The van der Waals surface area contributed by atoms with Gasteiger partial charge in [0.2, 0.25) is 5.88 Å². The average Bonchev–Trinajstić information content (AvgIpc) is 2.72. The number of carbonyl (C=O) groups excluding carboxylic acids is 1. The zero-order valence-electron chi connectivity index (χ0n) is 14.5. The maximum Gasteiger partial charge on any atom is 0.258 e. The minimum atomic E-state index is -0.300. The van der Waals surface area contributed by atoms with E-state index in [2.05, 4.69) is 10.3 Å². The Hall–Kier alpha value is -3.34. The quantitative estimate of drug-likeness (QED) is 0.711. The molecule has 3 aromatic rings. The number of benzene rings is 2. The number of hydrogen-bond acceptors (Lipinski definition) is 4. The minimum Gasteiger partial charge on any atom is -0.497 e. The third-order valence-electron chi connectivity index (χ3n) is 3.85. The molecular weight excluding hydrogens is 328 g/mol. The fourth-order valence-electron chi connectivity index (χ4n) is 2.60. The van der Waals surface area contributed by atoms with Gasteiger partial charge in [-0.3, -0.25) is 4.79 Å². The molecular formula is C21H20N2O3. The second kappa shape index (κ2) is 8.67. The summed E-state index contributed by atoms with van der Waals surface area (Å²) in [5.41, 5.74) is 1.91. The lowest BCUT2D eigenvalue weighted by molar-refractivity contribution is -0.123. The number of pyridine rings is 1. The van der Waals surface area contributed by atoms with Crippen molar-refractivity contribution in [2.75, 3.05) is 13.7 Å². The number of methoxy groups -OCH3 is 1. The Morgan fingerprint density at radius 2 is 1.77 bits per heavy atom. The summed E-state index contributed by atoms with van der Waals surface area (Å²) in [5.74, 6) is 0.926. The third-order valence-corrected chi connectivity index (χ3v) is 3.85. The fraction of sp³-hybridized carbons (Fsp3) is 0.143. The summed E-state index contributed by atoms with van der Waals surface area (Å²) >= 11 is 0. The van der Waals surface area contributed by atoms with E-state index in [0.29, 0.717) is 5.88 Å². The van der Waals surface area contributed by atoms with Gasteiger partial charge in [-0.2, -0.15) is 0 Å². The highest BCUT2D eigenvalue weighted by Gasteiger charge is 2.17. The van der Waals surface area contributed by atoms with Gasteiger partial charge < -0.3 is 14.8 Å². The van der Waals surface area contributed by atoms with Crippen LogP contribution >= 0.6 is 0 Å². The summed E-state index contributed by atoms with van der Waals surface area (Å²) in [6.07, 6.45) is 1.62. The van der Waals surface area contributed by atoms with Gasteiger partial charge in [0.05, 0.1) is 13.2 Å². The lowest BCUT2D eigenvalue weighted by atomic mass is 9.98. The van der Waals surface area contributed by atoms with Gasteiger partial charge in [0, 0.05) is 12.3 Å². The molecule has 26 heavy (non-hydrogen) atoms. The van der Waals surface area contributed by atoms with Crippen LogP contribution in [0.15, 0.2) is 79.0 Å². The first-order valence-corrected chi connectivity index (χ1v) is 8.28. The van der Waals surface area contributed by atoms with E-state index in [1.54, 1.807) is 25.4 Å². The van der Waals surface area contributed by atoms with Crippen LogP contribution in [0, 0.1) is 0 Å². The number of rotatable bonds is 7. The minimum absolute atomic E-state index is 0.107. The summed E-state index contributed by atoms with van der Waals surface area (Å²) in [4.78, 5) is 16.5. The molecule has 0 radical (unpaired) electrons. The van der Waals surface area contributed by atoms with Crippen LogP contribution in [0.5, 0.6) is 11.6 Å². The Bertz CT molecular complexity index is 838. The number of nitrogens with one attached hydrogen (secondary N) is 1.